The van der Waals surface area contributed by atoms with Crippen LogP contribution in [0.4, 0.5) is 0 Å². The Labute approximate surface area is 377 Å². The number of hydrogen-bond acceptors (Lipinski definition) is 24. The number of fused-ring (bicyclic) bond motifs is 1. The van der Waals surface area contributed by atoms with Crippen LogP contribution in [0.3, 0.4) is 0 Å². The normalized spacial score (nSPS) is 32.3. The van der Waals surface area contributed by atoms with Crippen LogP contribution in [-0.2, 0) is 28.5 Å². The molecule has 364 valence electrons. The van der Waals surface area contributed by atoms with Gasteiger partial charge in [-0.05, 0) is 48.0 Å². The number of aromatic hydroxyl groups is 3. The van der Waals surface area contributed by atoms with Crippen molar-refractivity contribution in [1.82, 2.24) is 0 Å². The minimum absolute atomic E-state index is 0.0309. The largest absolute Gasteiger partial charge is 0.508 e. The maximum atomic E-state index is 14.5. The lowest BCUT2D eigenvalue weighted by molar-refractivity contribution is -0.358. The molecule has 24 nitrogen and oxygen atoms in total. The molecular weight excluding hydrogens is 900 g/mol. The molecule has 0 aliphatic carbocycles. The van der Waals surface area contributed by atoms with Gasteiger partial charge in [0.25, 0.3) is 0 Å². The van der Waals surface area contributed by atoms with E-state index in [1.54, 1.807) is 0 Å². The van der Waals surface area contributed by atoms with Gasteiger partial charge < -0.3 is 109 Å². The number of hydrogen-bond donors (Lipinski definition) is 13. The summed E-state index contributed by atoms with van der Waals surface area (Å²) in [4.78, 5) is 27.5. The minimum Gasteiger partial charge on any atom is -0.508 e. The third kappa shape index (κ3) is 10.1. The first kappa shape index (κ1) is 49.2. The van der Waals surface area contributed by atoms with E-state index in [2.05, 4.69) is 0 Å². The van der Waals surface area contributed by atoms with Gasteiger partial charge in [0, 0.05) is 23.8 Å². The maximum Gasteiger partial charge on any atom is 0.331 e. The van der Waals surface area contributed by atoms with E-state index in [1.807, 2.05) is 0 Å². The van der Waals surface area contributed by atoms with Gasteiger partial charge in [-0.2, -0.15) is 0 Å². The Morgan fingerprint density at radius 2 is 1.24 bits per heavy atom. The topological polar surface area (TPSA) is 384 Å². The fourth-order valence-corrected chi connectivity index (χ4v) is 7.53. The van der Waals surface area contributed by atoms with E-state index < -0.39 is 152 Å². The van der Waals surface area contributed by atoms with Crippen LogP contribution >= 0.6 is 0 Å². The Kier molecular flexibility index (Phi) is 15.2. The second-order valence-corrected chi connectivity index (χ2v) is 15.6. The van der Waals surface area contributed by atoms with Crippen LogP contribution < -0.4 is 19.6 Å². The molecule has 0 radical (unpaired) electrons. The van der Waals surface area contributed by atoms with Gasteiger partial charge in [-0.3, -0.25) is 4.79 Å². The number of esters is 1. The van der Waals surface area contributed by atoms with Crippen molar-refractivity contribution in [3.05, 3.63) is 76.5 Å². The van der Waals surface area contributed by atoms with Crippen LogP contribution in [0.2, 0.25) is 0 Å². The molecule has 15 atom stereocenters. The Bertz CT molecular complexity index is 2440. The highest BCUT2D eigenvalue weighted by Gasteiger charge is 2.52. The monoisotopic (exact) mass is 948 g/mol. The standard InChI is InChI=1S/C43H48O24/c1-59-22-10-16(2-8-20(22)48)3-9-27(50)65-39-34(56)30(52)25(14-45)63-42(39)60-19-11-21(49)28-23(12-19)61-37(17-4-6-18(47)7-5-17)38(32(28)54)66-43-40(35(57)31(53)26(15-46)64-43)67-41-36(58)33(55)29(51)24(13-44)62-41/h2-12,24-26,29-31,33-36,39-49,51-53,55-58H,13-15H2,1H3/b9-3+/t24-,25-,26-,29-,30-,31-,33+,34+,35+,36-,39-,40-,41+,42-,43+/m1/s1. The highest BCUT2D eigenvalue weighted by molar-refractivity contribution is 5.89. The zero-order valence-electron chi connectivity index (χ0n) is 34.9. The summed E-state index contributed by atoms with van der Waals surface area (Å²) in [7, 11) is 1.32. The summed E-state index contributed by atoms with van der Waals surface area (Å²) in [5.74, 6) is -3.76. The predicted molar refractivity (Wildman–Crippen MR) is 220 cm³/mol. The van der Waals surface area contributed by atoms with Crippen molar-refractivity contribution >= 4 is 23.0 Å². The maximum absolute atomic E-state index is 14.5. The summed E-state index contributed by atoms with van der Waals surface area (Å²) in [6, 6.07) is 11.1. The Hall–Kier alpha value is -5.68. The molecule has 0 spiro atoms. The first-order valence-electron chi connectivity index (χ1n) is 20.4. The van der Waals surface area contributed by atoms with Crippen molar-refractivity contribution in [2.45, 2.75) is 92.1 Å². The molecule has 67 heavy (non-hydrogen) atoms. The number of carbonyl (C=O) groups is 1. The van der Waals surface area contributed by atoms with Crippen molar-refractivity contribution < 1.29 is 113 Å². The SMILES string of the molecule is COc1cc(/C=C/C(=O)O[C@H]2[C@H](Oc3cc(O)c4c(=O)c(O[C@@H]5O[C@H](CO)[C@@H](O)[C@H](O)[C@H]5O[C@@H]5O[C@H](CO)[C@@H](O)[C@H](O)[C@H]5O)c(-c5ccc(O)cc5)oc4c3)O[C@H](CO)[C@@H](O)[C@@H]2O)ccc1O. The van der Waals surface area contributed by atoms with Crippen molar-refractivity contribution in [2.75, 3.05) is 26.9 Å². The average Bonchev–Trinajstić information content (AvgIpc) is 3.31. The van der Waals surface area contributed by atoms with Crippen LogP contribution in [0.1, 0.15) is 5.56 Å². The number of aliphatic hydroxyl groups is 10. The third-order valence-corrected chi connectivity index (χ3v) is 11.2. The quantitative estimate of drug-likeness (QED) is 0.0443. The zero-order valence-corrected chi connectivity index (χ0v) is 34.9. The number of benzene rings is 3. The molecular formula is C43H48O24. The molecule has 0 bridgehead atoms. The van der Waals surface area contributed by atoms with E-state index in [4.69, 9.17) is 42.3 Å². The molecule has 3 aliphatic heterocycles. The van der Waals surface area contributed by atoms with Crippen molar-refractivity contribution in [3.63, 3.8) is 0 Å². The van der Waals surface area contributed by atoms with Gasteiger partial charge in [-0.1, -0.05) is 6.07 Å². The van der Waals surface area contributed by atoms with E-state index in [0.717, 1.165) is 18.2 Å². The smallest absolute Gasteiger partial charge is 0.331 e. The number of phenolic OH excluding ortho intramolecular Hbond substituents is 3. The molecule has 4 heterocycles. The second-order valence-electron chi connectivity index (χ2n) is 15.6. The summed E-state index contributed by atoms with van der Waals surface area (Å²) < 4.78 is 51.1. The number of rotatable bonds is 14. The lowest BCUT2D eigenvalue weighted by atomic mass is 9.97. The zero-order chi connectivity index (χ0) is 48.4. The summed E-state index contributed by atoms with van der Waals surface area (Å²) in [6.07, 6.45) is -25.3. The van der Waals surface area contributed by atoms with E-state index in [-0.39, 0.29) is 28.6 Å². The highest BCUT2D eigenvalue weighted by Crippen LogP contribution is 2.40. The molecule has 3 saturated heterocycles. The van der Waals surface area contributed by atoms with Crippen LogP contribution in [0, 0.1) is 0 Å². The molecule has 0 unspecified atom stereocenters. The number of aliphatic hydroxyl groups excluding tert-OH is 10. The van der Waals surface area contributed by atoms with Gasteiger partial charge in [0.2, 0.25) is 23.8 Å². The van der Waals surface area contributed by atoms with Crippen molar-refractivity contribution in [3.8, 4) is 45.8 Å². The molecule has 24 heteroatoms. The van der Waals surface area contributed by atoms with Gasteiger partial charge >= 0.3 is 5.97 Å². The number of carbonyl (C=O) groups excluding carboxylic acids is 1. The second kappa shape index (κ2) is 20.7. The first-order chi connectivity index (χ1) is 32.0. The van der Waals surface area contributed by atoms with Gasteiger partial charge in [0.15, 0.2) is 35.8 Å². The van der Waals surface area contributed by atoms with Gasteiger partial charge in [-0.25, -0.2) is 4.79 Å². The Morgan fingerprint density at radius 1 is 0.657 bits per heavy atom. The van der Waals surface area contributed by atoms with E-state index in [9.17, 15) is 76.0 Å². The highest BCUT2D eigenvalue weighted by atomic mass is 16.8. The average molecular weight is 949 g/mol. The summed E-state index contributed by atoms with van der Waals surface area (Å²) >= 11 is 0. The molecule has 4 aromatic rings. The third-order valence-electron chi connectivity index (χ3n) is 11.2. The minimum atomic E-state index is -2.05. The molecule has 1 aromatic heterocycles. The molecule has 3 aliphatic rings. The molecule has 3 aromatic carbocycles. The Morgan fingerprint density at radius 3 is 1.85 bits per heavy atom. The Balaban J connectivity index is 1.24. The fourth-order valence-electron chi connectivity index (χ4n) is 7.53. The number of ether oxygens (including phenoxy) is 8. The molecule has 0 saturated carbocycles. The predicted octanol–water partition coefficient (Wildman–Crippen LogP) is -2.97. The van der Waals surface area contributed by atoms with Crippen LogP contribution in [0.5, 0.6) is 34.5 Å². The van der Waals surface area contributed by atoms with Crippen LogP contribution in [0.25, 0.3) is 28.4 Å². The number of phenols is 3. The van der Waals surface area contributed by atoms with E-state index in [1.165, 1.54) is 55.7 Å². The van der Waals surface area contributed by atoms with E-state index in [0.29, 0.717) is 5.56 Å². The fraction of sp³-hybridized carbons (Fsp3) is 0.442. The summed E-state index contributed by atoms with van der Waals surface area (Å²) in [6.45, 7) is -2.62. The van der Waals surface area contributed by atoms with E-state index >= 15 is 0 Å². The first-order valence-corrected chi connectivity index (χ1v) is 20.4. The van der Waals surface area contributed by atoms with Gasteiger partial charge in [0.05, 0.1) is 26.9 Å². The van der Waals surface area contributed by atoms with Crippen molar-refractivity contribution in [1.29, 1.82) is 0 Å². The summed E-state index contributed by atoms with van der Waals surface area (Å²) in [5.41, 5.74) is -1.13. The van der Waals surface area contributed by atoms with Gasteiger partial charge in [-0.15, -0.1) is 0 Å². The lowest BCUT2D eigenvalue weighted by Crippen LogP contribution is -2.65. The molecule has 7 rings (SSSR count). The lowest BCUT2D eigenvalue weighted by Gasteiger charge is -2.45. The molecule has 3 fully saturated rings. The van der Waals surface area contributed by atoms with Crippen LogP contribution in [0.15, 0.2) is 69.9 Å². The van der Waals surface area contributed by atoms with Crippen molar-refractivity contribution in [2.24, 2.45) is 0 Å². The van der Waals surface area contributed by atoms with Gasteiger partial charge in [0.1, 0.15) is 89.3 Å². The molecule has 13 N–H and O–H groups in total. The molecule has 0 amide bonds. The van der Waals surface area contributed by atoms with Crippen LogP contribution in [-0.4, -0.2) is 191 Å². The number of methoxy groups -OCH3 is 1. The summed E-state index contributed by atoms with van der Waals surface area (Å²) in [5, 5.41) is 135.